The number of nitrogens with zero attached hydrogens (tertiary/aromatic N) is 5. The molecule has 2 saturated heterocycles. The quantitative estimate of drug-likeness (QED) is 0.800. The third-order valence-corrected chi connectivity index (χ3v) is 5.86. The monoisotopic (exact) mass is 371 g/mol. The summed E-state index contributed by atoms with van der Waals surface area (Å²) in [6.07, 6.45) is 3.43. The summed E-state index contributed by atoms with van der Waals surface area (Å²) < 4.78 is 11.2. The fourth-order valence-corrected chi connectivity index (χ4v) is 4.21. The van der Waals surface area contributed by atoms with Gasteiger partial charge in [0.05, 0.1) is 11.8 Å². The third kappa shape index (κ3) is 3.65. The minimum absolute atomic E-state index is 0.153. The van der Waals surface area contributed by atoms with Gasteiger partial charge in [0.15, 0.2) is 0 Å². The van der Waals surface area contributed by atoms with Crippen LogP contribution in [0.4, 0.5) is 11.8 Å². The molecule has 2 aromatic heterocycles. The lowest BCUT2D eigenvalue weighted by atomic mass is 10.0. The number of ether oxygens (including phenoxy) is 1. The Kier molecular flexibility index (Phi) is 5.04. The van der Waals surface area contributed by atoms with Gasteiger partial charge in [-0.15, -0.1) is 0 Å². The normalized spacial score (nSPS) is 22.8. The highest BCUT2D eigenvalue weighted by atomic mass is 16.5. The Morgan fingerprint density at radius 3 is 2.56 bits per heavy atom. The highest BCUT2D eigenvalue weighted by Crippen LogP contribution is 2.31. The van der Waals surface area contributed by atoms with Crippen molar-refractivity contribution >= 4 is 11.8 Å². The van der Waals surface area contributed by atoms with E-state index >= 15 is 0 Å². The maximum Gasteiger partial charge on any atom is 0.227 e. The minimum Gasteiger partial charge on any atom is -0.379 e. The van der Waals surface area contributed by atoms with E-state index in [1.165, 1.54) is 12.8 Å². The number of aryl methyl sites for hydroxylation is 2. The standard InChI is InChI=1S/C20H29N5O2/c1-13-9-17(27-23-13)10-16-11-25(12-18(16)26-4)19-14(2)15(3)21-20(22-19)24-7-5-6-8-24/h9,16,18H,5-8,10-12H2,1-4H3/t16-,18+/m1/s1. The predicted octanol–water partition coefficient (Wildman–Crippen LogP) is 2.68. The van der Waals surface area contributed by atoms with Crippen LogP contribution in [0.15, 0.2) is 10.6 Å². The molecule has 4 rings (SSSR count). The number of hydrogen-bond donors (Lipinski definition) is 0. The van der Waals surface area contributed by atoms with E-state index in [0.717, 1.165) is 67.1 Å². The molecule has 146 valence electrons. The van der Waals surface area contributed by atoms with E-state index in [4.69, 9.17) is 19.2 Å². The average molecular weight is 371 g/mol. The summed E-state index contributed by atoms with van der Waals surface area (Å²) in [5.74, 6) is 3.19. The molecule has 0 N–H and O–H groups in total. The highest BCUT2D eigenvalue weighted by Gasteiger charge is 2.35. The maximum atomic E-state index is 5.80. The lowest BCUT2D eigenvalue weighted by molar-refractivity contribution is 0.0812. The van der Waals surface area contributed by atoms with Gasteiger partial charge in [0.2, 0.25) is 5.95 Å². The van der Waals surface area contributed by atoms with E-state index in [9.17, 15) is 0 Å². The lowest BCUT2D eigenvalue weighted by Crippen LogP contribution is -2.27. The molecule has 0 aliphatic carbocycles. The molecule has 2 atom stereocenters. The summed E-state index contributed by atoms with van der Waals surface area (Å²) in [6.45, 7) is 9.99. The summed E-state index contributed by atoms with van der Waals surface area (Å²) in [6, 6.07) is 2.01. The molecule has 0 amide bonds. The summed E-state index contributed by atoms with van der Waals surface area (Å²) in [4.78, 5) is 14.4. The first-order valence-electron chi connectivity index (χ1n) is 9.85. The molecule has 4 heterocycles. The van der Waals surface area contributed by atoms with Crippen LogP contribution in [0.25, 0.3) is 0 Å². The van der Waals surface area contributed by atoms with Gasteiger partial charge in [0.1, 0.15) is 11.6 Å². The minimum atomic E-state index is 0.153. The van der Waals surface area contributed by atoms with Crippen molar-refractivity contribution in [1.29, 1.82) is 0 Å². The van der Waals surface area contributed by atoms with Crippen molar-refractivity contribution < 1.29 is 9.26 Å². The predicted molar refractivity (Wildman–Crippen MR) is 104 cm³/mol. The number of rotatable bonds is 5. The third-order valence-electron chi connectivity index (χ3n) is 5.86. The molecule has 0 saturated carbocycles. The smallest absolute Gasteiger partial charge is 0.227 e. The van der Waals surface area contributed by atoms with Gasteiger partial charge in [-0.1, -0.05) is 5.16 Å². The van der Waals surface area contributed by atoms with E-state index in [1.54, 1.807) is 7.11 Å². The van der Waals surface area contributed by atoms with Crippen LogP contribution in [-0.2, 0) is 11.2 Å². The molecule has 2 fully saturated rings. The van der Waals surface area contributed by atoms with Crippen LogP contribution in [0.2, 0.25) is 0 Å². The van der Waals surface area contributed by atoms with Crippen molar-refractivity contribution in [3.63, 3.8) is 0 Å². The van der Waals surface area contributed by atoms with Gasteiger partial charge < -0.3 is 19.1 Å². The second-order valence-electron chi connectivity index (χ2n) is 7.83. The van der Waals surface area contributed by atoms with Crippen LogP contribution in [0.3, 0.4) is 0 Å². The van der Waals surface area contributed by atoms with Gasteiger partial charge in [0, 0.05) is 63.0 Å². The average Bonchev–Trinajstić information content (AvgIpc) is 3.39. The topological polar surface area (TPSA) is 67.5 Å². The molecule has 2 aliphatic rings. The van der Waals surface area contributed by atoms with E-state index in [0.29, 0.717) is 5.92 Å². The van der Waals surface area contributed by atoms with Crippen LogP contribution in [-0.4, -0.2) is 54.5 Å². The largest absolute Gasteiger partial charge is 0.379 e. The summed E-state index contributed by atoms with van der Waals surface area (Å²) >= 11 is 0. The van der Waals surface area contributed by atoms with Crippen LogP contribution < -0.4 is 9.80 Å². The van der Waals surface area contributed by atoms with Gasteiger partial charge in [-0.2, -0.15) is 4.98 Å². The first-order chi connectivity index (χ1) is 13.0. The Morgan fingerprint density at radius 1 is 1.11 bits per heavy atom. The van der Waals surface area contributed by atoms with Crippen LogP contribution in [0.5, 0.6) is 0 Å². The van der Waals surface area contributed by atoms with E-state index in [-0.39, 0.29) is 6.10 Å². The van der Waals surface area contributed by atoms with Crippen molar-refractivity contribution in [1.82, 2.24) is 15.1 Å². The molecule has 2 aromatic rings. The molecule has 7 heteroatoms. The first kappa shape index (κ1) is 18.2. The zero-order valence-corrected chi connectivity index (χ0v) is 16.7. The van der Waals surface area contributed by atoms with Gasteiger partial charge >= 0.3 is 0 Å². The van der Waals surface area contributed by atoms with Gasteiger partial charge in [-0.05, 0) is 33.6 Å². The first-order valence-corrected chi connectivity index (χ1v) is 9.85. The maximum absolute atomic E-state index is 5.80. The number of methoxy groups -OCH3 is 1. The van der Waals surface area contributed by atoms with Gasteiger partial charge in [0.25, 0.3) is 0 Å². The summed E-state index contributed by atoms with van der Waals surface area (Å²) in [5, 5.41) is 4.01. The molecular weight excluding hydrogens is 342 g/mol. The molecular formula is C20H29N5O2. The summed E-state index contributed by atoms with van der Waals surface area (Å²) in [5.41, 5.74) is 3.14. The van der Waals surface area contributed by atoms with Crippen molar-refractivity contribution in [3.05, 3.63) is 28.8 Å². The number of hydrogen-bond acceptors (Lipinski definition) is 7. The van der Waals surface area contributed by atoms with Crippen molar-refractivity contribution in [3.8, 4) is 0 Å². The van der Waals surface area contributed by atoms with Crippen molar-refractivity contribution in [2.24, 2.45) is 5.92 Å². The van der Waals surface area contributed by atoms with Gasteiger partial charge in [-0.3, -0.25) is 0 Å². The molecule has 0 bridgehead atoms. The molecule has 0 spiro atoms. The fourth-order valence-electron chi connectivity index (χ4n) is 4.21. The van der Waals surface area contributed by atoms with Crippen molar-refractivity contribution in [2.45, 2.75) is 46.1 Å². The highest BCUT2D eigenvalue weighted by molar-refractivity contribution is 5.53. The number of aromatic nitrogens is 3. The van der Waals surface area contributed by atoms with Gasteiger partial charge in [-0.25, -0.2) is 4.98 Å². The fraction of sp³-hybridized carbons (Fsp3) is 0.650. The summed E-state index contributed by atoms with van der Waals surface area (Å²) in [7, 11) is 1.79. The Labute approximate surface area is 160 Å². The Morgan fingerprint density at radius 2 is 1.89 bits per heavy atom. The molecule has 7 nitrogen and oxygen atoms in total. The number of anilines is 2. The zero-order chi connectivity index (χ0) is 19.0. The van der Waals surface area contributed by atoms with Crippen LogP contribution >= 0.6 is 0 Å². The van der Waals surface area contributed by atoms with E-state index < -0.39 is 0 Å². The van der Waals surface area contributed by atoms with E-state index in [2.05, 4.69) is 28.8 Å². The molecule has 2 aliphatic heterocycles. The lowest BCUT2D eigenvalue weighted by Gasteiger charge is -2.23. The van der Waals surface area contributed by atoms with Crippen LogP contribution in [0.1, 0.15) is 35.6 Å². The van der Waals surface area contributed by atoms with Crippen molar-refractivity contribution in [2.75, 3.05) is 43.1 Å². The Balaban J connectivity index is 1.57. The molecule has 0 unspecified atom stereocenters. The molecule has 0 radical (unpaired) electrons. The second-order valence-corrected chi connectivity index (χ2v) is 7.83. The SMILES string of the molecule is CO[C@H]1CN(c2nc(N3CCCC3)nc(C)c2C)C[C@H]1Cc1cc(C)no1. The molecule has 27 heavy (non-hydrogen) atoms. The Bertz CT molecular complexity index is 800. The van der Waals surface area contributed by atoms with E-state index in [1.807, 2.05) is 13.0 Å². The van der Waals surface area contributed by atoms with Crippen LogP contribution in [0, 0.1) is 26.7 Å². The zero-order valence-electron chi connectivity index (χ0n) is 16.7. The Hall–Kier alpha value is -2.15. The second kappa shape index (κ2) is 7.46. The molecule has 0 aromatic carbocycles.